The van der Waals surface area contributed by atoms with Crippen LogP contribution in [0.5, 0.6) is 11.5 Å². The van der Waals surface area contributed by atoms with Crippen LogP contribution in [-0.2, 0) is 0 Å². The zero-order chi connectivity index (χ0) is 27.4. The van der Waals surface area contributed by atoms with Gasteiger partial charge in [-0.1, -0.05) is 55.1 Å². The molecular formula is C30H27Cl2N3O3. The van der Waals surface area contributed by atoms with Crippen molar-refractivity contribution < 1.29 is 9.47 Å². The predicted octanol–water partition coefficient (Wildman–Crippen LogP) is 7.10. The summed E-state index contributed by atoms with van der Waals surface area (Å²) in [6, 6.07) is 14.5. The highest BCUT2D eigenvalue weighted by molar-refractivity contribution is 6.37. The molecule has 0 radical (unpaired) electrons. The molecule has 0 aliphatic heterocycles. The Morgan fingerprint density at radius 2 is 1.84 bits per heavy atom. The van der Waals surface area contributed by atoms with Gasteiger partial charge in [0.2, 0.25) is 0 Å². The van der Waals surface area contributed by atoms with Gasteiger partial charge in [0.25, 0.3) is 5.56 Å². The third-order valence-electron chi connectivity index (χ3n) is 5.92. The minimum atomic E-state index is -0.299. The van der Waals surface area contributed by atoms with Gasteiger partial charge >= 0.3 is 0 Å². The molecule has 6 nitrogen and oxygen atoms in total. The first-order chi connectivity index (χ1) is 18.2. The van der Waals surface area contributed by atoms with Crippen molar-refractivity contribution in [2.75, 3.05) is 13.2 Å². The summed E-state index contributed by atoms with van der Waals surface area (Å²) >= 11 is 12.7. The summed E-state index contributed by atoms with van der Waals surface area (Å²) in [6.45, 7) is 8.71. The van der Waals surface area contributed by atoms with Gasteiger partial charge in [0.05, 0.1) is 33.8 Å². The van der Waals surface area contributed by atoms with E-state index in [1.165, 1.54) is 10.9 Å². The van der Waals surface area contributed by atoms with Gasteiger partial charge in [-0.3, -0.25) is 4.79 Å². The minimum absolute atomic E-state index is 0.0359. The van der Waals surface area contributed by atoms with Crippen LogP contribution >= 0.6 is 23.2 Å². The van der Waals surface area contributed by atoms with Crippen LogP contribution in [0, 0.1) is 19.3 Å². The average molecular weight is 548 g/mol. The standard InChI is InChI=1S/C30H27Cl2N3O3/c1-6-12-38-28-24(31)14-20(15-25(28)32)17-33-35-29(34-26-11-9-8-10-21(26)30(35)36)23-16-22(18(3)4)27(37-7-2)13-19(23)5/h1,8-11,13-18H,7,12H2,2-5H3. The zero-order valence-electron chi connectivity index (χ0n) is 21.6. The summed E-state index contributed by atoms with van der Waals surface area (Å²) in [5, 5.41) is 5.56. The Hall–Kier alpha value is -3.79. The Kier molecular flexibility index (Phi) is 8.41. The van der Waals surface area contributed by atoms with Crippen molar-refractivity contribution in [3.8, 4) is 35.2 Å². The fourth-order valence-corrected chi connectivity index (χ4v) is 4.72. The van der Waals surface area contributed by atoms with Gasteiger partial charge in [0.1, 0.15) is 12.4 Å². The summed E-state index contributed by atoms with van der Waals surface area (Å²) in [7, 11) is 0. The fourth-order valence-electron chi connectivity index (χ4n) is 4.11. The van der Waals surface area contributed by atoms with E-state index in [2.05, 4.69) is 24.9 Å². The lowest BCUT2D eigenvalue weighted by Crippen LogP contribution is -2.21. The van der Waals surface area contributed by atoms with E-state index in [0.717, 1.165) is 22.4 Å². The van der Waals surface area contributed by atoms with E-state index in [9.17, 15) is 4.79 Å². The quantitative estimate of drug-likeness (QED) is 0.174. The monoisotopic (exact) mass is 547 g/mol. The molecule has 0 amide bonds. The molecule has 3 aromatic carbocycles. The number of hydrogen-bond acceptors (Lipinski definition) is 5. The van der Waals surface area contributed by atoms with Gasteiger partial charge in [0, 0.05) is 5.56 Å². The molecule has 0 aliphatic carbocycles. The lowest BCUT2D eigenvalue weighted by molar-refractivity contribution is 0.335. The molecule has 0 unspecified atom stereocenters. The number of rotatable bonds is 8. The number of aryl methyl sites for hydroxylation is 1. The normalized spacial score (nSPS) is 11.3. The van der Waals surface area contributed by atoms with E-state index < -0.39 is 0 Å². The third-order valence-corrected chi connectivity index (χ3v) is 6.48. The Morgan fingerprint density at radius 1 is 1.13 bits per heavy atom. The van der Waals surface area contributed by atoms with E-state index in [-0.39, 0.29) is 28.1 Å². The van der Waals surface area contributed by atoms with Crippen molar-refractivity contribution in [1.29, 1.82) is 0 Å². The topological polar surface area (TPSA) is 65.7 Å². The fraction of sp³-hybridized carbons (Fsp3) is 0.233. The number of benzene rings is 3. The van der Waals surface area contributed by atoms with E-state index in [1.54, 1.807) is 24.3 Å². The highest BCUT2D eigenvalue weighted by Gasteiger charge is 2.19. The van der Waals surface area contributed by atoms with Crippen molar-refractivity contribution in [3.63, 3.8) is 0 Å². The van der Waals surface area contributed by atoms with Gasteiger partial charge in [-0.2, -0.15) is 9.78 Å². The minimum Gasteiger partial charge on any atom is -0.494 e. The third kappa shape index (κ3) is 5.55. The van der Waals surface area contributed by atoms with Crippen molar-refractivity contribution >= 4 is 40.3 Å². The number of fused-ring (bicyclic) bond motifs is 1. The number of aromatic nitrogens is 2. The number of para-hydroxylation sites is 1. The Morgan fingerprint density at radius 3 is 2.50 bits per heavy atom. The first-order valence-electron chi connectivity index (χ1n) is 12.1. The molecule has 8 heteroatoms. The molecule has 0 fully saturated rings. The zero-order valence-corrected chi connectivity index (χ0v) is 23.1. The molecule has 1 heterocycles. The van der Waals surface area contributed by atoms with Crippen molar-refractivity contribution in [2.24, 2.45) is 5.10 Å². The SMILES string of the molecule is C#CCOc1c(Cl)cc(C=Nn2c(-c3cc(C(C)C)c(OCC)cc3C)nc3ccccc3c2=O)cc1Cl. The number of nitrogens with zero attached hydrogens (tertiary/aromatic N) is 3. The van der Waals surface area contributed by atoms with Crippen LogP contribution in [-0.4, -0.2) is 29.1 Å². The van der Waals surface area contributed by atoms with Gasteiger partial charge in [-0.05, 0) is 72.9 Å². The van der Waals surface area contributed by atoms with E-state index >= 15 is 0 Å². The molecule has 0 aliphatic rings. The van der Waals surface area contributed by atoms with Crippen LogP contribution in [0.15, 0.2) is 58.4 Å². The highest BCUT2D eigenvalue weighted by atomic mass is 35.5. The molecule has 0 atom stereocenters. The first kappa shape index (κ1) is 27.3. The van der Waals surface area contributed by atoms with Crippen LogP contribution < -0.4 is 15.0 Å². The molecule has 4 rings (SSSR count). The summed E-state index contributed by atoms with van der Waals surface area (Å²) in [5.74, 6) is 4.10. The van der Waals surface area contributed by atoms with E-state index in [1.807, 2.05) is 38.1 Å². The highest BCUT2D eigenvalue weighted by Crippen LogP contribution is 2.35. The molecule has 0 saturated heterocycles. The summed E-state index contributed by atoms with van der Waals surface area (Å²) < 4.78 is 12.6. The molecule has 194 valence electrons. The second kappa shape index (κ2) is 11.7. The van der Waals surface area contributed by atoms with Crippen LogP contribution in [0.4, 0.5) is 0 Å². The lowest BCUT2D eigenvalue weighted by atomic mass is 9.96. The van der Waals surface area contributed by atoms with E-state index in [0.29, 0.717) is 34.6 Å². The predicted molar refractivity (Wildman–Crippen MR) is 155 cm³/mol. The van der Waals surface area contributed by atoms with Gasteiger partial charge in [0.15, 0.2) is 11.6 Å². The second-order valence-corrected chi connectivity index (χ2v) is 9.73. The maximum Gasteiger partial charge on any atom is 0.282 e. The molecular weight excluding hydrogens is 521 g/mol. The number of terminal acetylenes is 1. The van der Waals surface area contributed by atoms with Crippen LogP contribution in [0.25, 0.3) is 22.3 Å². The molecule has 38 heavy (non-hydrogen) atoms. The van der Waals surface area contributed by atoms with Gasteiger partial charge in [-0.25, -0.2) is 4.98 Å². The van der Waals surface area contributed by atoms with Crippen LogP contribution in [0.3, 0.4) is 0 Å². The molecule has 0 N–H and O–H groups in total. The molecule has 0 saturated carbocycles. The van der Waals surface area contributed by atoms with Crippen molar-refractivity contribution in [1.82, 2.24) is 9.66 Å². The summed E-state index contributed by atoms with van der Waals surface area (Å²) in [6.07, 6.45) is 6.78. The lowest BCUT2D eigenvalue weighted by Gasteiger charge is -2.18. The maximum absolute atomic E-state index is 13.6. The largest absolute Gasteiger partial charge is 0.494 e. The molecule has 0 bridgehead atoms. The first-order valence-corrected chi connectivity index (χ1v) is 12.9. The maximum atomic E-state index is 13.6. The Bertz CT molecular complexity index is 1610. The van der Waals surface area contributed by atoms with Gasteiger partial charge in [-0.15, -0.1) is 6.42 Å². The smallest absolute Gasteiger partial charge is 0.282 e. The second-order valence-electron chi connectivity index (χ2n) is 8.91. The van der Waals surface area contributed by atoms with Crippen LogP contribution in [0.2, 0.25) is 10.0 Å². The summed E-state index contributed by atoms with van der Waals surface area (Å²) in [4.78, 5) is 18.5. The average Bonchev–Trinajstić information content (AvgIpc) is 2.88. The van der Waals surface area contributed by atoms with Crippen LogP contribution in [0.1, 0.15) is 43.4 Å². The Balaban J connectivity index is 1.91. The Labute approximate surface area is 231 Å². The number of ether oxygens (including phenoxy) is 2. The number of hydrogen-bond donors (Lipinski definition) is 0. The van der Waals surface area contributed by atoms with Gasteiger partial charge < -0.3 is 9.47 Å². The molecule has 1 aromatic heterocycles. The number of halogens is 2. The molecule has 0 spiro atoms. The summed E-state index contributed by atoms with van der Waals surface area (Å²) in [5.41, 5.74) is 3.57. The van der Waals surface area contributed by atoms with Crippen molar-refractivity contribution in [3.05, 3.63) is 85.6 Å². The van der Waals surface area contributed by atoms with Crippen molar-refractivity contribution in [2.45, 2.75) is 33.6 Å². The van der Waals surface area contributed by atoms with E-state index in [4.69, 9.17) is 44.1 Å². The molecule has 4 aromatic rings.